The van der Waals surface area contributed by atoms with Gasteiger partial charge in [-0.2, -0.15) is 0 Å². The number of hydrogen-bond acceptors (Lipinski definition) is 4. The lowest BCUT2D eigenvalue weighted by molar-refractivity contribution is -0.153. The second-order valence-corrected chi connectivity index (χ2v) is 5.02. The average molecular weight is 225 g/mol. The Labute approximate surface area is 95.9 Å². The van der Waals surface area contributed by atoms with E-state index in [0.29, 0.717) is 12.8 Å². The van der Waals surface area contributed by atoms with Gasteiger partial charge in [0.2, 0.25) is 0 Å². The Bertz CT molecular complexity index is 301. The summed E-state index contributed by atoms with van der Waals surface area (Å²) in [6.07, 6.45) is 3.14. The molecule has 0 radical (unpaired) electrons. The zero-order chi connectivity index (χ0) is 11.8. The number of nitrogens with zero attached hydrogens (tertiary/aromatic N) is 1. The molecule has 90 valence electrons. The first kappa shape index (κ1) is 11.6. The molecule has 0 aromatic carbocycles. The maximum atomic E-state index is 12.3. The van der Waals surface area contributed by atoms with Crippen molar-refractivity contribution in [1.29, 1.82) is 0 Å². The van der Waals surface area contributed by atoms with E-state index in [1.807, 2.05) is 0 Å². The van der Waals surface area contributed by atoms with E-state index in [-0.39, 0.29) is 17.7 Å². The second-order valence-electron chi connectivity index (χ2n) is 5.02. The number of methoxy groups -OCH3 is 1. The van der Waals surface area contributed by atoms with E-state index in [1.54, 1.807) is 0 Å². The second kappa shape index (κ2) is 4.17. The van der Waals surface area contributed by atoms with Crippen LogP contribution in [0.15, 0.2) is 0 Å². The van der Waals surface area contributed by atoms with Crippen LogP contribution in [0, 0.1) is 11.3 Å². The van der Waals surface area contributed by atoms with Gasteiger partial charge in [0.15, 0.2) is 5.78 Å². The number of ketones is 1. The number of ether oxygens (including phenoxy) is 1. The number of esters is 1. The van der Waals surface area contributed by atoms with Crippen LogP contribution in [0.5, 0.6) is 0 Å². The average Bonchev–Trinajstić information content (AvgIpc) is 3.09. The number of carbonyl (C=O) groups is 2. The van der Waals surface area contributed by atoms with E-state index in [1.165, 1.54) is 7.11 Å². The van der Waals surface area contributed by atoms with Crippen molar-refractivity contribution in [3.05, 3.63) is 0 Å². The maximum Gasteiger partial charge on any atom is 0.319 e. The fourth-order valence-electron chi connectivity index (χ4n) is 2.53. The minimum atomic E-state index is -0.755. The Morgan fingerprint density at radius 2 is 1.81 bits per heavy atom. The molecule has 16 heavy (non-hydrogen) atoms. The molecule has 2 aliphatic rings. The summed E-state index contributed by atoms with van der Waals surface area (Å²) in [4.78, 5) is 26.1. The van der Waals surface area contributed by atoms with Crippen LogP contribution in [0.1, 0.15) is 25.7 Å². The lowest BCUT2D eigenvalue weighted by Crippen LogP contribution is -2.39. The number of piperidine rings is 1. The first-order valence-electron chi connectivity index (χ1n) is 5.91. The topological polar surface area (TPSA) is 46.6 Å². The molecule has 0 N–H and O–H groups in total. The number of carbonyl (C=O) groups excluding carboxylic acids is 2. The van der Waals surface area contributed by atoms with Crippen molar-refractivity contribution in [3.8, 4) is 0 Å². The SMILES string of the molecule is COC(=O)C1(C(=O)C2CCN(C)CC2)CC1. The van der Waals surface area contributed by atoms with Crippen molar-refractivity contribution in [1.82, 2.24) is 4.90 Å². The number of likely N-dealkylation sites (tertiary alicyclic amines) is 1. The molecule has 0 atom stereocenters. The van der Waals surface area contributed by atoms with Crippen molar-refractivity contribution >= 4 is 11.8 Å². The smallest absolute Gasteiger partial charge is 0.319 e. The molecule has 2 fully saturated rings. The molecule has 2 rings (SSSR count). The largest absolute Gasteiger partial charge is 0.468 e. The predicted molar refractivity (Wildman–Crippen MR) is 58.9 cm³/mol. The molecule has 0 spiro atoms. The summed E-state index contributed by atoms with van der Waals surface area (Å²) in [7, 11) is 3.43. The van der Waals surface area contributed by atoms with Gasteiger partial charge in [0, 0.05) is 5.92 Å². The summed E-state index contributed by atoms with van der Waals surface area (Å²) in [5, 5.41) is 0. The number of rotatable bonds is 3. The first-order valence-corrected chi connectivity index (χ1v) is 5.91. The molecule has 4 heteroatoms. The fourth-order valence-corrected chi connectivity index (χ4v) is 2.53. The standard InChI is InChI=1S/C12H19NO3/c1-13-7-3-9(4-8-13)10(14)12(5-6-12)11(15)16-2/h9H,3-8H2,1-2H3. The summed E-state index contributed by atoms with van der Waals surface area (Å²) in [5.41, 5.74) is -0.755. The normalized spacial score (nSPS) is 25.1. The van der Waals surface area contributed by atoms with Crippen molar-refractivity contribution < 1.29 is 14.3 Å². The molecule has 1 saturated heterocycles. The lowest BCUT2D eigenvalue weighted by atomic mass is 9.84. The maximum absolute atomic E-state index is 12.3. The third-order valence-electron chi connectivity index (χ3n) is 3.89. The summed E-state index contributed by atoms with van der Waals surface area (Å²) in [5.74, 6) is -0.123. The highest BCUT2D eigenvalue weighted by Crippen LogP contribution is 2.50. The third-order valence-corrected chi connectivity index (χ3v) is 3.89. The molecule has 1 aliphatic carbocycles. The molecular weight excluding hydrogens is 206 g/mol. The van der Waals surface area contributed by atoms with Crippen LogP contribution < -0.4 is 0 Å². The van der Waals surface area contributed by atoms with Crippen LogP contribution in [0.2, 0.25) is 0 Å². The monoisotopic (exact) mass is 225 g/mol. The highest BCUT2D eigenvalue weighted by atomic mass is 16.5. The van der Waals surface area contributed by atoms with Crippen molar-refractivity contribution in [2.45, 2.75) is 25.7 Å². The van der Waals surface area contributed by atoms with Crippen LogP contribution in [0.3, 0.4) is 0 Å². The Morgan fingerprint density at radius 1 is 1.25 bits per heavy atom. The van der Waals surface area contributed by atoms with Crippen LogP contribution in [-0.2, 0) is 14.3 Å². The molecule has 0 unspecified atom stereocenters. The van der Waals surface area contributed by atoms with E-state index in [4.69, 9.17) is 4.74 Å². The fraction of sp³-hybridized carbons (Fsp3) is 0.833. The molecule has 1 saturated carbocycles. The Hall–Kier alpha value is -0.900. The van der Waals surface area contributed by atoms with Crippen molar-refractivity contribution in [3.63, 3.8) is 0 Å². The Kier molecular flexibility index (Phi) is 3.02. The van der Waals surface area contributed by atoms with Crippen LogP contribution in [0.25, 0.3) is 0 Å². The van der Waals surface area contributed by atoms with Gasteiger partial charge < -0.3 is 9.64 Å². The van der Waals surface area contributed by atoms with Crippen LogP contribution in [-0.4, -0.2) is 43.9 Å². The molecule has 1 aliphatic heterocycles. The molecule has 0 aromatic heterocycles. The molecule has 0 aromatic rings. The van der Waals surface area contributed by atoms with Gasteiger partial charge in [-0.1, -0.05) is 0 Å². The minimum absolute atomic E-state index is 0.0674. The van der Waals surface area contributed by atoms with Crippen LogP contribution >= 0.6 is 0 Å². The van der Waals surface area contributed by atoms with E-state index in [9.17, 15) is 9.59 Å². The molecular formula is C12H19NO3. The minimum Gasteiger partial charge on any atom is -0.468 e. The summed E-state index contributed by atoms with van der Waals surface area (Å²) < 4.78 is 4.74. The number of hydrogen-bond donors (Lipinski definition) is 0. The quantitative estimate of drug-likeness (QED) is 0.528. The molecule has 1 heterocycles. The molecule has 4 nitrogen and oxygen atoms in total. The summed E-state index contributed by atoms with van der Waals surface area (Å²) in [6.45, 7) is 1.90. The summed E-state index contributed by atoms with van der Waals surface area (Å²) in [6, 6.07) is 0. The first-order chi connectivity index (χ1) is 7.60. The van der Waals surface area contributed by atoms with Gasteiger partial charge in [0.25, 0.3) is 0 Å². The van der Waals surface area contributed by atoms with E-state index in [2.05, 4.69) is 11.9 Å². The Balaban J connectivity index is 2.00. The van der Waals surface area contributed by atoms with Gasteiger partial charge in [-0.3, -0.25) is 9.59 Å². The van der Waals surface area contributed by atoms with Gasteiger partial charge >= 0.3 is 5.97 Å². The zero-order valence-electron chi connectivity index (χ0n) is 9.99. The van der Waals surface area contributed by atoms with Gasteiger partial charge in [0.05, 0.1) is 7.11 Å². The highest BCUT2D eigenvalue weighted by Gasteiger charge is 2.58. The van der Waals surface area contributed by atoms with E-state index < -0.39 is 5.41 Å². The molecule has 0 bridgehead atoms. The van der Waals surface area contributed by atoms with Gasteiger partial charge in [-0.15, -0.1) is 0 Å². The third kappa shape index (κ3) is 1.86. The number of Topliss-reactive ketones (excluding diaryl/α,β-unsaturated/α-hetero) is 1. The van der Waals surface area contributed by atoms with Crippen molar-refractivity contribution in [2.75, 3.05) is 27.2 Å². The predicted octanol–water partition coefficient (Wildman–Crippen LogP) is 0.850. The van der Waals surface area contributed by atoms with Gasteiger partial charge in [-0.25, -0.2) is 0 Å². The van der Waals surface area contributed by atoms with Gasteiger partial charge in [0.1, 0.15) is 5.41 Å². The lowest BCUT2D eigenvalue weighted by Gasteiger charge is -2.29. The summed E-state index contributed by atoms with van der Waals surface area (Å²) >= 11 is 0. The van der Waals surface area contributed by atoms with Crippen molar-refractivity contribution in [2.24, 2.45) is 11.3 Å². The zero-order valence-corrected chi connectivity index (χ0v) is 9.99. The van der Waals surface area contributed by atoms with E-state index >= 15 is 0 Å². The van der Waals surface area contributed by atoms with Gasteiger partial charge in [-0.05, 0) is 45.8 Å². The molecule has 0 amide bonds. The van der Waals surface area contributed by atoms with E-state index in [0.717, 1.165) is 25.9 Å². The Morgan fingerprint density at radius 3 is 2.25 bits per heavy atom. The highest BCUT2D eigenvalue weighted by molar-refractivity contribution is 6.07. The van der Waals surface area contributed by atoms with Crippen LogP contribution in [0.4, 0.5) is 0 Å².